The molecule has 0 radical (unpaired) electrons. The smallest absolute Gasteiger partial charge is 0.247 e. The van der Waals surface area contributed by atoms with Crippen molar-refractivity contribution in [2.24, 2.45) is 0 Å². The lowest BCUT2D eigenvalue weighted by Gasteiger charge is -2.03. The third-order valence-electron chi connectivity index (χ3n) is 3.20. The van der Waals surface area contributed by atoms with E-state index in [1.54, 1.807) is 0 Å². The van der Waals surface area contributed by atoms with Crippen molar-refractivity contribution >= 4 is 11.9 Å². The Morgan fingerprint density at radius 3 is 1.40 bits per heavy atom. The van der Waals surface area contributed by atoms with E-state index < -0.39 is 11.9 Å². The Morgan fingerprint density at radius 1 is 0.600 bits per heavy atom. The minimum atomic E-state index is -0.447. The quantitative estimate of drug-likeness (QED) is 0.296. The van der Waals surface area contributed by atoms with Crippen molar-refractivity contribution in [1.82, 2.24) is 0 Å². The van der Waals surface area contributed by atoms with Gasteiger partial charge in [-0.15, -0.1) is 0 Å². The molecule has 118 valence electrons. The van der Waals surface area contributed by atoms with Gasteiger partial charge in [-0.1, -0.05) is 65.2 Å². The summed E-state index contributed by atoms with van der Waals surface area (Å²) in [5, 5.41) is 0. The third kappa shape index (κ3) is 13.4. The highest BCUT2D eigenvalue weighted by Crippen LogP contribution is 2.08. The van der Waals surface area contributed by atoms with Gasteiger partial charge in [0, 0.05) is 0 Å². The molecule has 0 aliphatic heterocycles. The predicted octanol–water partition coefficient (Wildman–Crippen LogP) is 4.71. The van der Waals surface area contributed by atoms with Crippen molar-refractivity contribution in [3.8, 4) is 0 Å². The summed E-state index contributed by atoms with van der Waals surface area (Å²) in [6.45, 7) is 4.29. The molecule has 0 aromatic heterocycles. The van der Waals surface area contributed by atoms with Gasteiger partial charge in [0.05, 0.1) is 12.8 Å². The first-order chi connectivity index (χ1) is 9.70. The molecule has 0 amide bonds. The fourth-order valence-electron chi connectivity index (χ4n) is 1.92. The molecule has 0 atom stereocenters. The van der Waals surface area contributed by atoms with Crippen LogP contribution in [-0.4, -0.2) is 11.9 Å². The summed E-state index contributed by atoms with van der Waals surface area (Å²) in [6, 6.07) is 0. The highest BCUT2D eigenvalue weighted by atomic mass is 17.2. The topological polar surface area (TPSA) is 52.6 Å². The second-order valence-corrected chi connectivity index (χ2v) is 5.24. The number of carbonyl (C=O) groups excluding carboxylic acids is 2. The zero-order chi connectivity index (χ0) is 15.1. The van der Waals surface area contributed by atoms with Crippen molar-refractivity contribution in [2.75, 3.05) is 0 Å². The second-order valence-electron chi connectivity index (χ2n) is 5.24. The number of hydrogen-bond donors (Lipinski definition) is 0. The van der Waals surface area contributed by atoms with Gasteiger partial charge >= 0.3 is 11.9 Å². The molecule has 0 spiro atoms. The molecule has 4 nitrogen and oxygen atoms in total. The van der Waals surface area contributed by atoms with Gasteiger partial charge < -0.3 is 0 Å². The molecular weight excluding hydrogens is 256 g/mol. The normalized spacial score (nSPS) is 10.3. The third-order valence-corrected chi connectivity index (χ3v) is 3.20. The van der Waals surface area contributed by atoms with E-state index in [-0.39, 0.29) is 0 Å². The summed E-state index contributed by atoms with van der Waals surface area (Å²) >= 11 is 0. The Hall–Kier alpha value is -1.06. The van der Waals surface area contributed by atoms with Crippen molar-refractivity contribution in [1.29, 1.82) is 0 Å². The van der Waals surface area contributed by atoms with Crippen LogP contribution in [-0.2, 0) is 19.4 Å². The van der Waals surface area contributed by atoms with E-state index in [4.69, 9.17) is 0 Å². The minimum Gasteiger partial charge on any atom is -0.247 e. The Bertz CT molecular complexity index is 251. The molecule has 20 heavy (non-hydrogen) atoms. The van der Waals surface area contributed by atoms with E-state index in [0.717, 1.165) is 44.9 Å². The van der Waals surface area contributed by atoms with Crippen LogP contribution in [0.25, 0.3) is 0 Å². The second kappa shape index (κ2) is 14.4. The molecule has 0 saturated carbocycles. The maximum atomic E-state index is 11.3. The largest absolute Gasteiger partial charge is 0.355 e. The highest BCUT2D eigenvalue weighted by Gasteiger charge is 2.09. The van der Waals surface area contributed by atoms with Crippen LogP contribution in [0.1, 0.15) is 90.9 Å². The summed E-state index contributed by atoms with van der Waals surface area (Å²) < 4.78 is 0. The van der Waals surface area contributed by atoms with E-state index in [0.29, 0.717) is 12.8 Å². The molecule has 0 N–H and O–H groups in total. The molecule has 0 fully saturated rings. The zero-order valence-electron chi connectivity index (χ0n) is 13.1. The summed E-state index contributed by atoms with van der Waals surface area (Å²) in [5.74, 6) is -0.889. The van der Waals surface area contributed by atoms with Gasteiger partial charge in [0.15, 0.2) is 0 Å². The van der Waals surface area contributed by atoms with Crippen LogP contribution >= 0.6 is 0 Å². The van der Waals surface area contributed by atoms with Gasteiger partial charge in [-0.3, -0.25) is 0 Å². The van der Waals surface area contributed by atoms with Gasteiger partial charge in [-0.2, -0.15) is 0 Å². The Labute approximate surface area is 123 Å². The molecule has 4 heteroatoms. The molecule has 0 aromatic carbocycles. The number of hydrogen-bond acceptors (Lipinski definition) is 4. The number of unbranched alkanes of at least 4 members (excludes halogenated alkanes) is 8. The first kappa shape index (κ1) is 18.9. The van der Waals surface area contributed by atoms with Crippen LogP contribution in [0.3, 0.4) is 0 Å². The molecule has 0 saturated heterocycles. The van der Waals surface area contributed by atoms with Crippen molar-refractivity contribution < 1.29 is 19.4 Å². The first-order valence-corrected chi connectivity index (χ1v) is 8.10. The lowest BCUT2D eigenvalue weighted by Crippen LogP contribution is -2.11. The highest BCUT2D eigenvalue weighted by molar-refractivity contribution is 5.72. The van der Waals surface area contributed by atoms with E-state index in [1.165, 1.54) is 19.3 Å². The van der Waals surface area contributed by atoms with Gasteiger partial charge in [0.2, 0.25) is 0 Å². The number of carbonyl (C=O) groups is 2. The van der Waals surface area contributed by atoms with Crippen LogP contribution in [0.4, 0.5) is 0 Å². The monoisotopic (exact) mass is 286 g/mol. The molecule has 0 bridgehead atoms. The summed E-state index contributed by atoms with van der Waals surface area (Å²) in [4.78, 5) is 31.6. The van der Waals surface area contributed by atoms with E-state index in [2.05, 4.69) is 23.6 Å². The lowest BCUT2D eigenvalue weighted by molar-refractivity contribution is -0.259. The molecule has 0 heterocycles. The van der Waals surface area contributed by atoms with Crippen molar-refractivity contribution in [3.63, 3.8) is 0 Å². The van der Waals surface area contributed by atoms with E-state index in [1.807, 2.05) is 0 Å². The van der Waals surface area contributed by atoms with Crippen LogP contribution in [0, 0.1) is 0 Å². The van der Waals surface area contributed by atoms with Gasteiger partial charge in [-0.25, -0.2) is 19.4 Å². The maximum Gasteiger partial charge on any atom is 0.355 e. The minimum absolute atomic E-state index is 0.324. The van der Waals surface area contributed by atoms with Crippen molar-refractivity contribution in [2.45, 2.75) is 90.9 Å². The average Bonchev–Trinajstić information content (AvgIpc) is 2.45. The van der Waals surface area contributed by atoms with Crippen LogP contribution < -0.4 is 0 Å². The van der Waals surface area contributed by atoms with Crippen molar-refractivity contribution in [3.05, 3.63) is 0 Å². The maximum absolute atomic E-state index is 11.3. The fourth-order valence-corrected chi connectivity index (χ4v) is 1.92. The molecule has 0 unspecified atom stereocenters. The lowest BCUT2D eigenvalue weighted by atomic mass is 10.1. The van der Waals surface area contributed by atoms with Crippen LogP contribution in [0.15, 0.2) is 0 Å². The zero-order valence-corrected chi connectivity index (χ0v) is 13.1. The summed E-state index contributed by atoms with van der Waals surface area (Å²) in [7, 11) is 0. The van der Waals surface area contributed by atoms with Crippen LogP contribution in [0.5, 0.6) is 0 Å². The molecule has 0 aromatic rings. The number of rotatable bonds is 12. The van der Waals surface area contributed by atoms with E-state index >= 15 is 0 Å². The molecular formula is C16H30O4. The van der Waals surface area contributed by atoms with E-state index in [9.17, 15) is 9.59 Å². The molecule has 0 rings (SSSR count). The van der Waals surface area contributed by atoms with Gasteiger partial charge in [0.25, 0.3) is 0 Å². The Morgan fingerprint density at radius 2 is 0.950 bits per heavy atom. The molecule has 0 aliphatic carbocycles. The summed E-state index contributed by atoms with van der Waals surface area (Å²) in [6.07, 6.45) is 11.4. The summed E-state index contributed by atoms with van der Waals surface area (Å²) in [5.41, 5.74) is 0. The average molecular weight is 286 g/mol. The van der Waals surface area contributed by atoms with Crippen LogP contribution in [0.2, 0.25) is 0 Å². The van der Waals surface area contributed by atoms with Gasteiger partial charge in [0.1, 0.15) is 0 Å². The van der Waals surface area contributed by atoms with Gasteiger partial charge in [-0.05, 0) is 12.8 Å². The fraction of sp³-hybridized carbons (Fsp3) is 0.875. The SMILES string of the molecule is CCCCCCCCC(=O)OOC(=O)CCCCCC. The standard InChI is InChI=1S/C16H30O4/c1-3-5-7-9-10-12-14-16(18)20-19-15(17)13-11-8-6-4-2/h3-14H2,1-2H3. The molecule has 0 aliphatic rings. The Kier molecular flexibility index (Phi) is 13.6. The predicted molar refractivity (Wildman–Crippen MR) is 78.9 cm³/mol. The first-order valence-electron chi connectivity index (χ1n) is 8.10. The Balaban J connectivity index is 3.36.